The van der Waals surface area contributed by atoms with E-state index in [0.29, 0.717) is 25.9 Å². The topological polar surface area (TPSA) is 37.3 Å². The van der Waals surface area contributed by atoms with E-state index in [4.69, 9.17) is 34.8 Å². The average molecular weight is 447 g/mol. The predicted molar refractivity (Wildman–Crippen MR) is 122 cm³/mol. The Morgan fingerprint density at radius 3 is 2.57 bits per heavy atom. The fraction of sp³-hybridized carbons (Fsp3) is 0.0476. The molecule has 7 heteroatoms. The van der Waals surface area contributed by atoms with Crippen molar-refractivity contribution >= 4 is 67.8 Å². The monoisotopic (exact) mass is 445 g/mol. The minimum Gasteiger partial charge on any atom is -0.252 e. The fourth-order valence-electron chi connectivity index (χ4n) is 2.80. The number of benzene rings is 3. The van der Waals surface area contributed by atoms with Gasteiger partial charge in [-0.2, -0.15) is 5.10 Å². The van der Waals surface area contributed by atoms with Gasteiger partial charge >= 0.3 is 0 Å². The fourth-order valence-corrected chi connectivity index (χ4v) is 4.14. The molecule has 4 rings (SSSR count). The van der Waals surface area contributed by atoms with E-state index in [-0.39, 0.29) is 0 Å². The first kappa shape index (κ1) is 19.2. The number of hydrogen-bond donors (Lipinski definition) is 1. The molecule has 0 saturated heterocycles. The first-order valence-electron chi connectivity index (χ1n) is 8.42. The van der Waals surface area contributed by atoms with Gasteiger partial charge in [0.15, 0.2) is 0 Å². The van der Waals surface area contributed by atoms with Crippen molar-refractivity contribution in [2.45, 2.75) is 6.92 Å². The zero-order valence-electron chi connectivity index (χ0n) is 14.7. The molecule has 0 aliphatic rings. The SMILES string of the molecule is C/C(=N\Nc1nc(-c2ccc3ccccc3c2)cs1)c1ccc(Cl)c(Cl)c1Cl. The Labute approximate surface area is 181 Å². The maximum Gasteiger partial charge on any atom is 0.203 e. The third-order valence-electron chi connectivity index (χ3n) is 4.29. The quantitative estimate of drug-likeness (QED) is 0.197. The summed E-state index contributed by atoms with van der Waals surface area (Å²) in [4.78, 5) is 4.63. The van der Waals surface area contributed by atoms with Crippen molar-refractivity contribution in [3.63, 3.8) is 0 Å². The molecule has 1 aromatic heterocycles. The van der Waals surface area contributed by atoms with Gasteiger partial charge < -0.3 is 0 Å². The van der Waals surface area contributed by atoms with Crippen LogP contribution in [0.3, 0.4) is 0 Å². The summed E-state index contributed by atoms with van der Waals surface area (Å²) < 4.78 is 0. The van der Waals surface area contributed by atoms with Gasteiger partial charge in [-0.1, -0.05) is 77.3 Å². The van der Waals surface area contributed by atoms with Crippen LogP contribution in [-0.4, -0.2) is 10.7 Å². The van der Waals surface area contributed by atoms with E-state index >= 15 is 0 Å². The minimum absolute atomic E-state index is 0.322. The third-order valence-corrected chi connectivity index (χ3v) is 6.33. The number of nitrogens with zero attached hydrogens (tertiary/aromatic N) is 2. The standard InChI is InChI=1S/C21H14Cl3N3S/c1-12(16-8-9-17(22)20(24)19(16)23)26-27-21-25-18(11-28-21)15-7-6-13-4-2-3-5-14(13)10-15/h2-11H,1H3,(H,25,27)/b26-12+. The molecule has 1 heterocycles. The lowest BCUT2D eigenvalue weighted by atomic mass is 10.1. The highest BCUT2D eigenvalue weighted by atomic mass is 35.5. The van der Waals surface area contributed by atoms with Crippen LogP contribution in [0.25, 0.3) is 22.0 Å². The summed E-state index contributed by atoms with van der Waals surface area (Å²) in [5.41, 5.74) is 6.36. The molecule has 140 valence electrons. The molecule has 0 radical (unpaired) electrons. The first-order valence-corrected chi connectivity index (χ1v) is 10.4. The molecule has 0 aliphatic heterocycles. The predicted octanol–water partition coefficient (Wildman–Crippen LogP) is 7.76. The normalized spacial score (nSPS) is 11.8. The van der Waals surface area contributed by atoms with Gasteiger partial charge in [0.1, 0.15) is 0 Å². The Morgan fingerprint density at radius 2 is 1.75 bits per heavy atom. The van der Waals surface area contributed by atoms with Crippen LogP contribution in [0.15, 0.2) is 65.1 Å². The molecule has 0 spiro atoms. The van der Waals surface area contributed by atoms with Crippen LogP contribution in [0.2, 0.25) is 15.1 Å². The van der Waals surface area contributed by atoms with Gasteiger partial charge in [0.25, 0.3) is 0 Å². The van der Waals surface area contributed by atoms with Crippen molar-refractivity contribution in [3.8, 4) is 11.3 Å². The van der Waals surface area contributed by atoms with E-state index in [2.05, 4.69) is 45.8 Å². The van der Waals surface area contributed by atoms with Crippen molar-refractivity contribution < 1.29 is 0 Å². The molecular weight excluding hydrogens is 433 g/mol. The van der Waals surface area contributed by atoms with Gasteiger partial charge in [0.2, 0.25) is 5.13 Å². The second kappa shape index (κ2) is 8.10. The first-order chi connectivity index (χ1) is 13.5. The van der Waals surface area contributed by atoms with E-state index in [1.807, 2.05) is 24.4 Å². The van der Waals surface area contributed by atoms with Gasteiger partial charge in [-0.05, 0) is 29.8 Å². The van der Waals surface area contributed by atoms with Crippen LogP contribution < -0.4 is 5.43 Å². The summed E-state index contributed by atoms with van der Waals surface area (Å²) in [7, 11) is 0. The lowest BCUT2D eigenvalue weighted by molar-refractivity contribution is 1.27. The zero-order chi connectivity index (χ0) is 19.7. The number of halogens is 3. The van der Waals surface area contributed by atoms with E-state index in [9.17, 15) is 0 Å². The molecule has 0 unspecified atom stereocenters. The van der Waals surface area contributed by atoms with Crippen LogP contribution in [-0.2, 0) is 0 Å². The number of anilines is 1. The van der Waals surface area contributed by atoms with Gasteiger partial charge in [-0.3, -0.25) is 5.43 Å². The molecule has 3 aromatic carbocycles. The van der Waals surface area contributed by atoms with Crippen molar-refractivity contribution in [3.05, 3.63) is 80.6 Å². The molecule has 3 nitrogen and oxygen atoms in total. The molecule has 4 aromatic rings. The Balaban J connectivity index is 1.56. The number of rotatable bonds is 4. The number of fused-ring (bicyclic) bond motifs is 1. The second-order valence-corrected chi connectivity index (χ2v) is 8.15. The van der Waals surface area contributed by atoms with E-state index in [0.717, 1.165) is 16.8 Å². The van der Waals surface area contributed by atoms with E-state index in [1.54, 1.807) is 12.1 Å². The van der Waals surface area contributed by atoms with Crippen LogP contribution in [0.5, 0.6) is 0 Å². The minimum atomic E-state index is 0.322. The molecule has 0 amide bonds. The van der Waals surface area contributed by atoms with Gasteiger partial charge in [0.05, 0.1) is 26.5 Å². The van der Waals surface area contributed by atoms with Crippen LogP contribution in [0.4, 0.5) is 5.13 Å². The summed E-state index contributed by atoms with van der Waals surface area (Å²) in [6.45, 7) is 1.84. The van der Waals surface area contributed by atoms with Crippen molar-refractivity contribution in [2.24, 2.45) is 5.10 Å². The molecule has 0 atom stereocenters. The van der Waals surface area contributed by atoms with Crippen molar-refractivity contribution in [1.29, 1.82) is 0 Å². The smallest absolute Gasteiger partial charge is 0.203 e. The number of nitrogens with one attached hydrogen (secondary N) is 1. The number of hydrogen-bond acceptors (Lipinski definition) is 4. The van der Waals surface area contributed by atoms with Gasteiger partial charge in [0, 0.05) is 16.5 Å². The highest BCUT2D eigenvalue weighted by molar-refractivity contribution is 7.14. The Morgan fingerprint density at radius 1 is 0.964 bits per heavy atom. The summed E-state index contributed by atoms with van der Waals surface area (Å²) in [6, 6.07) is 18.1. The number of thiazole rings is 1. The van der Waals surface area contributed by atoms with Crippen molar-refractivity contribution in [2.75, 3.05) is 5.43 Å². The lowest BCUT2D eigenvalue weighted by Crippen LogP contribution is -2.01. The Bertz CT molecular complexity index is 1200. The molecule has 0 saturated carbocycles. The molecule has 0 fully saturated rings. The summed E-state index contributed by atoms with van der Waals surface area (Å²) >= 11 is 19.8. The molecule has 28 heavy (non-hydrogen) atoms. The average Bonchev–Trinajstić information content (AvgIpc) is 3.19. The zero-order valence-corrected chi connectivity index (χ0v) is 17.8. The number of hydrazone groups is 1. The van der Waals surface area contributed by atoms with Crippen LogP contribution >= 0.6 is 46.1 Å². The summed E-state index contributed by atoms with van der Waals surface area (Å²) in [5, 5.41) is 10.6. The summed E-state index contributed by atoms with van der Waals surface area (Å²) in [6.07, 6.45) is 0. The second-order valence-electron chi connectivity index (χ2n) is 6.13. The van der Waals surface area contributed by atoms with E-state index in [1.165, 1.54) is 22.1 Å². The van der Waals surface area contributed by atoms with Crippen molar-refractivity contribution in [1.82, 2.24) is 4.98 Å². The van der Waals surface area contributed by atoms with Crippen LogP contribution in [0, 0.1) is 0 Å². The summed E-state index contributed by atoms with van der Waals surface area (Å²) in [5.74, 6) is 0. The molecule has 0 bridgehead atoms. The maximum atomic E-state index is 6.27. The lowest BCUT2D eigenvalue weighted by Gasteiger charge is -2.07. The van der Waals surface area contributed by atoms with Crippen LogP contribution in [0.1, 0.15) is 12.5 Å². The van der Waals surface area contributed by atoms with Gasteiger partial charge in [-0.25, -0.2) is 4.98 Å². The maximum absolute atomic E-state index is 6.27. The highest BCUT2D eigenvalue weighted by Gasteiger charge is 2.11. The third kappa shape index (κ3) is 3.87. The Kier molecular flexibility index (Phi) is 5.56. The molecule has 0 aliphatic carbocycles. The van der Waals surface area contributed by atoms with E-state index < -0.39 is 0 Å². The Hall–Kier alpha value is -2.11. The number of aromatic nitrogens is 1. The van der Waals surface area contributed by atoms with Gasteiger partial charge in [-0.15, -0.1) is 11.3 Å². The molecular formula is C21H14Cl3N3S. The highest BCUT2D eigenvalue weighted by Crippen LogP contribution is 2.33. The largest absolute Gasteiger partial charge is 0.252 e. The molecule has 1 N–H and O–H groups in total.